The SMILES string of the molecule is CC1(C)c2c(cccc2-c2ccc(-c3nc(-c4ccccc4)cc(-c4cccc(-c5cccc6ccccc56)c4)n3)c3ccccc23)-c2ccc3ccccc3c21. The van der Waals surface area contributed by atoms with Gasteiger partial charge in [0, 0.05) is 22.1 Å². The minimum absolute atomic E-state index is 0.190. The Morgan fingerprint density at radius 3 is 1.60 bits per heavy atom. The van der Waals surface area contributed by atoms with Crippen molar-refractivity contribution < 1.29 is 0 Å². The van der Waals surface area contributed by atoms with Gasteiger partial charge in [-0.1, -0.05) is 190 Å². The molecular weight excluding hydrogens is 689 g/mol. The average molecular weight is 727 g/mol. The van der Waals surface area contributed by atoms with Crippen LogP contribution in [0.5, 0.6) is 0 Å². The summed E-state index contributed by atoms with van der Waals surface area (Å²) in [5.41, 5.74) is 15.0. The van der Waals surface area contributed by atoms with Crippen molar-refractivity contribution >= 4 is 32.3 Å². The summed E-state index contributed by atoms with van der Waals surface area (Å²) in [6.07, 6.45) is 0. The zero-order valence-electron chi connectivity index (χ0n) is 31.9. The Balaban J connectivity index is 1.09. The molecule has 1 heterocycles. The standard InChI is InChI=1S/C55H38N2/c1-55(2)52-42-23-9-7-16-36(42)29-30-48(52)47-28-14-27-46(53(47)55)45-31-32-49(44-25-11-10-24-43(44)45)54-56-50(37-17-4-3-5-18-37)34-51(57-54)39-21-12-20-38(33-39)41-26-13-19-35-15-6-8-22-40(35)41/h3-34H,1-2H3. The van der Waals surface area contributed by atoms with Gasteiger partial charge in [-0.05, 0) is 95.0 Å². The predicted molar refractivity (Wildman–Crippen MR) is 239 cm³/mol. The summed E-state index contributed by atoms with van der Waals surface area (Å²) >= 11 is 0. The topological polar surface area (TPSA) is 25.8 Å². The lowest BCUT2D eigenvalue weighted by Crippen LogP contribution is -2.17. The normalized spacial score (nSPS) is 12.9. The van der Waals surface area contributed by atoms with E-state index in [-0.39, 0.29) is 5.41 Å². The van der Waals surface area contributed by atoms with Gasteiger partial charge in [0.2, 0.25) is 0 Å². The molecular formula is C55H38N2. The first kappa shape index (κ1) is 33.2. The van der Waals surface area contributed by atoms with Gasteiger partial charge >= 0.3 is 0 Å². The van der Waals surface area contributed by atoms with Crippen LogP contribution in [0, 0.1) is 0 Å². The predicted octanol–water partition coefficient (Wildman–Crippen LogP) is 14.6. The molecule has 268 valence electrons. The van der Waals surface area contributed by atoms with Crippen LogP contribution < -0.4 is 0 Å². The number of hydrogen-bond donors (Lipinski definition) is 0. The first-order valence-electron chi connectivity index (χ1n) is 19.7. The lowest BCUT2D eigenvalue weighted by Gasteiger charge is -2.26. The Bertz CT molecular complexity index is 3210. The van der Waals surface area contributed by atoms with E-state index in [1.807, 2.05) is 0 Å². The third-order valence-electron chi connectivity index (χ3n) is 12.0. The van der Waals surface area contributed by atoms with E-state index in [9.17, 15) is 0 Å². The summed E-state index contributed by atoms with van der Waals surface area (Å²) < 4.78 is 0. The summed E-state index contributed by atoms with van der Waals surface area (Å²) in [6, 6.07) is 70.0. The summed E-state index contributed by atoms with van der Waals surface area (Å²) in [4.78, 5) is 10.7. The van der Waals surface area contributed by atoms with Crippen LogP contribution in [-0.4, -0.2) is 9.97 Å². The fourth-order valence-electron chi connectivity index (χ4n) is 9.49. The van der Waals surface area contributed by atoms with Crippen molar-refractivity contribution in [3.05, 3.63) is 205 Å². The van der Waals surface area contributed by atoms with E-state index in [0.29, 0.717) is 5.82 Å². The molecule has 0 unspecified atom stereocenters. The fourth-order valence-corrected chi connectivity index (χ4v) is 9.49. The lowest BCUT2D eigenvalue weighted by molar-refractivity contribution is 0.668. The van der Waals surface area contributed by atoms with Crippen LogP contribution >= 0.6 is 0 Å². The molecule has 57 heavy (non-hydrogen) atoms. The molecule has 2 nitrogen and oxygen atoms in total. The Morgan fingerprint density at radius 1 is 0.316 bits per heavy atom. The molecule has 0 saturated heterocycles. The number of rotatable bonds is 5. The van der Waals surface area contributed by atoms with Crippen LogP contribution in [0.15, 0.2) is 194 Å². The molecule has 0 N–H and O–H groups in total. The second-order valence-corrected chi connectivity index (χ2v) is 15.7. The zero-order valence-corrected chi connectivity index (χ0v) is 31.9. The molecule has 0 spiro atoms. The molecule has 0 aliphatic heterocycles. The maximum absolute atomic E-state index is 5.37. The number of aromatic nitrogens is 2. The Labute approximate surface area is 332 Å². The highest BCUT2D eigenvalue weighted by molar-refractivity contribution is 6.07. The molecule has 2 heteroatoms. The van der Waals surface area contributed by atoms with Crippen molar-refractivity contribution in [1.29, 1.82) is 0 Å². The summed E-state index contributed by atoms with van der Waals surface area (Å²) in [5, 5.41) is 7.40. The lowest BCUT2D eigenvalue weighted by atomic mass is 9.77. The van der Waals surface area contributed by atoms with Gasteiger partial charge in [0.1, 0.15) is 0 Å². The Morgan fingerprint density at radius 2 is 0.807 bits per heavy atom. The molecule has 1 aliphatic carbocycles. The molecule has 9 aromatic carbocycles. The van der Waals surface area contributed by atoms with Crippen molar-refractivity contribution in [2.45, 2.75) is 19.3 Å². The summed E-state index contributed by atoms with van der Waals surface area (Å²) in [5.74, 6) is 0.710. The van der Waals surface area contributed by atoms with E-state index in [4.69, 9.17) is 9.97 Å². The van der Waals surface area contributed by atoms with E-state index >= 15 is 0 Å². The van der Waals surface area contributed by atoms with E-state index in [2.05, 4.69) is 208 Å². The molecule has 0 amide bonds. The van der Waals surface area contributed by atoms with Crippen LogP contribution in [0.4, 0.5) is 0 Å². The van der Waals surface area contributed by atoms with Crippen molar-refractivity contribution in [3.8, 4) is 67.3 Å². The smallest absolute Gasteiger partial charge is 0.161 e. The quantitative estimate of drug-likeness (QED) is 0.176. The third kappa shape index (κ3) is 5.33. The van der Waals surface area contributed by atoms with Crippen LogP contribution in [0.3, 0.4) is 0 Å². The molecule has 1 aromatic heterocycles. The van der Waals surface area contributed by atoms with E-state index in [1.165, 1.54) is 65.9 Å². The van der Waals surface area contributed by atoms with Gasteiger partial charge in [0.05, 0.1) is 11.4 Å². The van der Waals surface area contributed by atoms with E-state index in [1.54, 1.807) is 0 Å². The van der Waals surface area contributed by atoms with E-state index in [0.717, 1.165) is 39.0 Å². The number of nitrogens with zero attached hydrogens (tertiary/aromatic N) is 2. The molecule has 0 atom stereocenters. The number of fused-ring (bicyclic) bond motifs is 7. The van der Waals surface area contributed by atoms with Crippen LogP contribution in [0.1, 0.15) is 25.0 Å². The molecule has 11 rings (SSSR count). The minimum atomic E-state index is -0.190. The van der Waals surface area contributed by atoms with Crippen molar-refractivity contribution in [2.24, 2.45) is 0 Å². The first-order chi connectivity index (χ1) is 28.0. The number of hydrogen-bond acceptors (Lipinski definition) is 2. The highest BCUT2D eigenvalue weighted by atomic mass is 14.9. The molecule has 0 saturated carbocycles. The second-order valence-electron chi connectivity index (χ2n) is 15.7. The van der Waals surface area contributed by atoms with Gasteiger partial charge < -0.3 is 0 Å². The largest absolute Gasteiger partial charge is 0.228 e. The van der Waals surface area contributed by atoms with Gasteiger partial charge in [0.25, 0.3) is 0 Å². The molecule has 10 aromatic rings. The van der Waals surface area contributed by atoms with Crippen molar-refractivity contribution in [3.63, 3.8) is 0 Å². The molecule has 1 aliphatic rings. The van der Waals surface area contributed by atoms with Crippen LogP contribution in [0.2, 0.25) is 0 Å². The third-order valence-corrected chi connectivity index (χ3v) is 12.0. The maximum atomic E-state index is 5.37. The highest BCUT2D eigenvalue weighted by Gasteiger charge is 2.39. The molecule has 0 fully saturated rings. The summed E-state index contributed by atoms with van der Waals surface area (Å²) in [7, 11) is 0. The van der Waals surface area contributed by atoms with E-state index < -0.39 is 0 Å². The van der Waals surface area contributed by atoms with Crippen molar-refractivity contribution in [1.82, 2.24) is 9.97 Å². The zero-order chi connectivity index (χ0) is 38.1. The number of benzene rings is 9. The fraction of sp³-hybridized carbons (Fsp3) is 0.0545. The van der Waals surface area contributed by atoms with Crippen LogP contribution in [-0.2, 0) is 5.41 Å². The first-order valence-corrected chi connectivity index (χ1v) is 19.7. The van der Waals surface area contributed by atoms with Gasteiger partial charge in [0.15, 0.2) is 5.82 Å². The van der Waals surface area contributed by atoms with Gasteiger partial charge in [-0.2, -0.15) is 0 Å². The second kappa shape index (κ2) is 13.0. The van der Waals surface area contributed by atoms with Gasteiger partial charge in [-0.15, -0.1) is 0 Å². The summed E-state index contributed by atoms with van der Waals surface area (Å²) in [6.45, 7) is 4.79. The maximum Gasteiger partial charge on any atom is 0.161 e. The molecule has 0 radical (unpaired) electrons. The highest BCUT2D eigenvalue weighted by Crippen LogP contribution is 2.55. The average Bonchev–Trinajstić information content (AvgIpc) is 3.52. The molecule has 0 bridgehead atoms. The van der Waals surface area contributed by atoms with Crippen LogP contribution in [0.25, 0.3) is 99.6 Å². The Hall–Kier alpha value is -7.16. The van der Waals surface area contributed by atoms with Gasteiger partial charge in [-0.25, -0.2) is 9.97 Å². The Kier molecular flexibility index (Phi) is 7.55. The monoisotopic (exact) mass is 726 g/mol. The minimum Gasteiger partial charge on any atom is -0.228 e. The van der Waals surface area contributed by atoms with Crippen molar-refractivity contribution in [2.75, 3.05) is 0 Å². The van der Waals surface area contributed by atoms with Gasteiger partial charge in [-0.3, -0.25) is 0 Å².